The van der Waals surface area contributed by atoms with E-state index >= 15 is 0 Å². The zero-order chi connectivity index (χ0) is 17.1. The minimum Gasteiger partial charge on any atom is -0.616 e. The van der Waals surface area contributed by atoms with E-state index in [2.05, 4.69) is 24.5 Å². The second kappa shape index (κ2) is 6.42. The highest BCUT2D eigenvalue weighted by Gasteiger charge is 2.21. The van der Waals surface area contributed by atoms with Crippen LogP contribution in [0.25, 0.3) is 5.78 Å². The molecule has 9 heteroatoms. The highest BCUT2D eigenvalue weighted by atomic mass is 16.6. The van der Waals surface area contributed by atoms with E-state index in [1.54, 1.807) is 16.1 Å². The molecule has 9 nitrogen and oxygen atoms in total. The normalized spacial score (nSPS) is 12.6. The largest absolute Gasteiger partial charge is 0.616 e. The van der Waals surface area contributed by atoms with Crippen LogP contribution >= 0.6 is 0 Å². The van der Waals surface area contributed by atoms with Gasteiger partial charge in [0.2, 0.25) is 0 Å². The van der Waals surface area contributed by atoms with Crippen molar-refractivity contribution in [1.82, 2.24) is 14.6 Å². The number of nitrogens with zero attached hydrogens (tertiary/aromatic N) is 5. The van der Waals surface area contributed by atoms with Crippen molar-refractivity contribution in [3.63, 3.8) is 0 Å². The van der Waals surface area contributed by atoms with Gasteiger partial charge in [0.1, 0.15) is 0 Å². The number of aromatic nitrogens is 4. The van der Waals surface area contributed by atoms with Crippen molar-refractivity contribution in [1.29, 1.82) is 0 Å². The molecule has 0 aliphatic rings. The summed E-state index contributed by atoms with van der Waals surface area (Å²) in [6.45, 7) is 3.75. The number of methoxy groups -OCH3 is 2. The Balaban J connectivity index is 2.63. The zero-order valence-electron chi connectivity index (χ0n) is 13.5. The molecule has 0 aliphatic heterocycles. The second-order valence-electron chi connectivity index (χ2n) is 4.77. The van der Waals surface area contributed by atoms with Gasteiger partial charge in [0.05, 0.1) is 24.4 Å². The van der Waals surface area contributed by atoms with Crippen molar-refractivity contribution in [3.8, 4) is 0 Å². The van der Waals surface area contributed by atoms with Crippen molar-refractivity contribution < 1.29 is 23.9 Å². The minimum absolute atomic E-state index is 0.201. The predicted molar refractivity (Wildman–Crippen MR) is 77.8 cm³/mol. The van der Waals surface area contributed by atoms with Gasteiger partial charge in [-0.2, -0.15) is 0 Å². The first-order valence-electron chi connectivity index (χ1n) is 6.70. The van der Waals surface area contributed by atoms with Crippen LogP contribution in [0.15, 0.2) is 23.1 Å². The van der Waals surface area contributed by atoms with Crippen LogP contribution in [-0.2, 0) is 21.3 Å². The van der Waals surface area contributed by atoms with Crippen LogP contribution in [0.2, 0.25) is 0 Å². The Bertz CT molecular complexity index is 822. The summed E-state index contributed by atoms with van der Waals surface area (Å²) >= 11 is 0. The third-order valence-corrected chi connectivity index (χ3v) is 3.08. The smallest absolute Gasteiger partial charge is 0.384 e. The molecule has 0 aromatic carbocycles. The average Bonchev–Trinajstić information content (AvgIpc) is 2.83. The first-order valence-corrected chi connectivity index (χ1v) is 6.70. The van der Waals surface area contributed by atoms with Gasteiger partial charge < -0.3 is 14.6 Å². The number of aliphatic imine (C=N–C) groups is 1. The highest BCUT2D eigenvalue weighted by molar-refractivity contribution is 6.41. The van der Waals surface area contributed by atoms with Gasteiger partial charge in [-0.15, -0.1) is 14.5 Å². The molecule has 0 fully saturated rings. The zero-order valence-corrected chi connectivity index (χ0v) is 13.5. The van der Waals surface area contributed by atoms with Gasteiger partial charge in [-0.3, -0.25) is 0 Å². The summed E-state index contributed by atoms with van der Waals surface area (Å²) in [5.74, 6) is -0.727. The molecule has 0 aliphatic carbocycles. The third-order valence-electron chi connectivity index (χ3n) is 3.08. The van der Waals surface area contributed by atoms with Crippen LogP contribution in [0.4, 0.5) is 5.95 Å². The van der Waals surface area contributed by atoms with Crippen molar-refractivity contribution in [3.05, 3.63) is 29.5 Å². The standard InChI is InChI=1S/C14H17N5O4/c1-8-6-9(2)19-14(15-8)18(3)13(17-19)16-10(12(21)23-5)7-11(20)22-4/h6-7H,1-5H3. The molecule has 0 bridgehead atoms. The van der Waals surface area contributed by atoms with E-state index in [9.17, 15) is 9.90 Å². The van der Waals surface area contributed by atoms with E-state index in [4.69, 9.17) is 0 Å². The average molecular weight is 319 g/mol. The van der Waals surface area contributed by atoms with Crippen molar-refractivity contribution in [2.24, 2.45) is 12.0 Å². The minimum atomic E-state index is -0.770. The van der Waals surface area contributed by atoms with E-state index < -0.39 is 11.9 Å². The molecule has 122 valence electrons. The fraction of sp³-hybridized carbons (Fsp3) is 0.357. The van der Waals surface area contributed by atoms with Crippen molar-refractivity contribution in [2.75, 3.05) is 14.2 Å². The Morgan fingerprint density at radius 3 is 2.70 bits per heavy atom. The molecule has 2 aromatic heterocycles. The van der Waals surface area contributed by atoms with Crippen LogP contribution in [0.5, 0.6) is 0 Å². The number of carbonyl (C=O) groups is 1. The maximum Gasteiger partial charge on any atom is 0.384 e. The number of carbonyl (C=O) groups excluding carboxylic acids is 1. The molecule has 2 heterocycles. The number of hydrogen-bond acceptors (Lipinski definition) is 7. The fourth-order valence-corrected chi connectivity index (χ4v) is 1.96. The summed E-state index contributed by atoms with van der Waals surface area (Å²) < 4.78 is 12.3. The van der Waals surface area contributed by atoms with E-state index in [0.29, 0.717) is 5.78 Å². The van der Waals surface area contributed by atoms with Crippen LogP contribution in [0.1, 0.15) is 11.4 Å². The number of rotatable bonds is 4. The number of ether oxygens (including phenoxy) is 2. The molecular weight excluding hydrogens is 302 g/mol. The first-order chi connectivity index (χ1) is 10.9. The lowest BCUT2D eigenvalue weighted by Crippen LogP contribution is -2.29. The molecule has 0 saturated heterocycles. The quantitative estimate of drug-likeness (QED) is 0.318. The fourth-order valence-electron chi connectivity index (χ4n) is 1.96. The summed E-state index contributed by atoms with van der Waals surface area (Å²) in [7, 11) is 4.11. The number of fused-ring (bicyclic) bond motifs is 1. The van der Waals surface area contributed by atoms with Crippen molar-refractivity contribution >= 4 is 23.4 Å². The van der Waals surface area contributed by atoms with Crippen LogP contribution in [-0.4, -0.2) is 40.5 Å². The van der Waals surface area contributed by atoms with Gasteiger partial charge in [-0.25, -0.2) is 9.36 Å². The summed E-state index contributed by atoms with van der Waals surface area (Å²) in [6, 6.07) is 1.87. The SMILES string of the molecule is COC(=O)C(/C=C(\[O-])OC)=N\c1nn2c(C)cc(C)nc2[n+]1C. The molecule has 0 amide bonds. The number of hydrogen-bond donors (Lipinski definition) is 0. The summed E-state index contributed by atoms with van der Waals surface area (Å²) in [5, 5.41) is 15.7. The molecule has 0 radical (unpaired) electrons. The summed E-state index contributed by atoms with van der Waals surface area (Å²) in [5.41, 5.74) is 1.48. The molecule has 0 spiro atoms. The number of esters is 1. The van der Waals surface area contributed by atoms with Gasteiger partial charge in [-0.1, -0.05) is 0 Å². The predicted octanol–water partition coefficient (Wildman–Crippen LogP) is -0.736. The van der Waals surface area contributed by atoms with E-state index in [1.807, 2.05) is 19.9 Å². The molecule has 2 aromatic rings. The lowest BCUT2D eigenvalue weighted by molar-refractivity contribution is -0.634. The van der Waals surface area contributed by atoms with Crippen LogP contribution < -0.4 is 9.67 Å². The monoisotopic (exact) mass is 319 g/mol. The molecule has 23 heavy (non-hydrogen) atoms. The Morgan fingerprint density at radius 2 is 2.09 bits per heavy atom. The molecule has 0 saturated carbocycles. The lowest BCUT2D eigenvalue weighted by atomic mass is 10.3. The Labute approximate surface area is 132 Å². The van der Waals surface area contributed by atoms with E-state index in [0.717, 1.165) is 17.5 Å². The maximum atomic E-state index is 11.8. The summed E-state index contributed by atoms with van der Waals surface area (Å²) in [4.78, 5) is 20.2. The van der Waals surface area contributed by atoms with E-state index in [1.165, 1.54) is 14.2 Å². The summed E-state index contributed by atoms with van der Waals surface area (Å²) in [6.07, 6.45) is 0.946. The Kier molecular flexibility index (Phi) is 4.58. The Hall–Kier alpha value is -2.97. The van der Waals surface area contributed by atoms with E-state index in [-0.39, 0.29) is 11.7 Å². The van der Waals surface area contributed by atoms with Crippen LogP contribution in [0.3, 0.4) is 0 Å². The lowest BCUT2D eigenvalue weighted by Gasteiger charge is -2.07. The molecular formula is C14H17N5O4. The second-order valence-corrected chi connectivity index (χ2v) is 4.77. The van der Waals surface area contributed by atoms with Crippen molar-refractivity contribution in [2.45, 2.75) is 13.8 Å². The highest BCUT2D eigenvalue weighted by Crippen LogP contribution is 2.09. The molecule has 0 N–H and O–H groups in total. The van der Waals surface area contributed by atoms with Gasteiger partial charge in [0, 0.05) is 24.3 Å². The molecule has 0 atom stereocenters. The third kappa shape index (κ3) is 3.28. The molecule has 2 rings (SSSR count). The van der Waals surface area contributed by atoms with Gasteiger partial charge >= 0.3 is 17.7 Å². The maximum absolute atomic E-state index is 11.8. The Morgan fingerprint density at radius 1 is 1.39 bits per heavy atom. The van der Waals surface area contributed by atoms with Gasteiger partial charge in [0.25, 0.3) is 0 Å². The van der Waals surface area contributed by atoms with Crippen LogP contribution in [0, 0.1) is 13.8 Å². The van der Waals surface area contributed by atoms with Gasteiger partial charge in [0.15, 0.2) is 5.71 Å². The van der Waals surface area contributed by atoms with Gasteiger partial charge in [-0.05, 0) is 21.0 Å². The molecule has 0 unspecified atom stereocenters. The first kappa shape index (κ1) is 16.4. The number of aryl methyl sites for hydroxylation is 3. The topological polar surface area (TPSA) is 105 Å².